The maximum Gasteiger partial charge on any atom is 0.407 e. The van der Waals surface area contributed by atoms with E-state index in [2.05, 4.69) is 37.8 Å². The summed E-state index contributed by atoms with van der Waals surface area (Å²) in [6.07, 6.45) is -6.62. The van der Waals surface area contributed by atoms with Crippen molar-refractivity contribution in [3.63, 3.8) is 0 Å². The van der Waals surface area contributed by atoms with Gasteiger partial charge in [0, 0.05) is 76.2 Å². The monoisotopic (exact) mass is 1260 g/mol. The number of benzene rings is 2. The molecule has 3 saturated heterocycles. The zero-order valence-electron chi connectivity index (χ0n) is 51.9. The van der Waals surface area contributed by atoms with E-state index >= 15 is 0 Å². The number of carbonyl (C=O) groups excluding carboxylic acids is 1. The standard InChI is InChI=1S/C63H84N12O16/c1-6-7-30-74-50-55(67-60(74)72-28-19-24-41(32-72)65-61(85)91-63(2,3)4)70(5)62(86)75(56(50)82)34-44-43(57(83)84)25-26-49(66-44)64-27-17-9-8-10-18-29-73-33-42(68-69-73)31-71(35-45(76)51(80)53-47(78)37-87-58(89-53)39-20-13-11-14-21-39)36-46(77)52(81)54-48(79)38-88-59(90-54)40-22-15-12-16-23-40/h11-16,20-23,25-26,33,41,45-48,51-54,58-59,76-81H,8-10,17-19,24,27-32,34-38H2,1-5H3,(H,64,66)(H,65,85)(H,83,84)/t41-,45+,46+,47-,48-,51-,52-,53-,54-,58?,59?/m1/s1. The van der Waals surface area contributed by atoms with E-state index in [1.54, 1.807) is 96.6 Å². The number of rotatable bonds is 27. The summed E-state index contributed by atoms with van der Waals surface area (Å²) in [5, 5.41) is 92.9. The number of imidazole rings is 1. The molecule has 2 aromatic carbocycles. The Hall–Kier alpha value is -7.66. The fourth-order valence-electron chi connectivity index (χ4n) is 11.4. The minimum Gasteiger partial charge on any atom is -0.478 e. The van der Waals surface area contributed by atoms with Crippen LogP contribution >= 0.6 is 0 Å². The van der Waals surface area contributed by atoms with Gasteiger partial charge in [-0.15, -0.1) is 11.0 Å². The number of carboxylic acids is 1. The first-order valence-electron chi connectivity index (χ1n) is 30.8. The molecule has 2 unspecified atom stereocenters. The number of aromatic nitrogens is 8. The van der Waals surface area contributed by atoms with E-state index in [4.69, 9.17) is 28.7 Å². The number of piperidine rings is 1. The number of hydrogen-bond donors (Lipinski definition) is 9. The Morgan fingerprint density at radius 3 is 2.04 bits per heavy atom. The third kappa shape index (κ3) is 17.5. The van der Waals surface area contributed by atoms with Gasteiger partial charge < -0.3 is 75.0 Å². The highest BCUT2D eigenvalue weighted by atomic mass is 16.7. The van der Waals surface area contributed by atoms with Gasteiger partial charge in [-0.05, 0) is 65.5 Å². The molecule has 0 aliphatic carbocycles. The van der Waals surface area contributed by atoms with E-state index in [0.717, 1.165) is 36.7 Å². The highest BCUT2D eigenvalue weighted by Gasteiger charge is 2.43. The predicted molar refractivity (Wildman–Crippen MR) is 331 cm³/mol. The molecule has 0 radical (unpaired) electrons. The molecule has 7 heterocycles. The van der Waals surface area contributed by atoms with Crippen LogP contribution in [0.3, 0.4) is 0 Å². The zero-order valence-corrected chi connectivity index (χ0v) is 51.9. The average molecular weight is 1270 g/mol. The van der Waals surface area contributed by atoms with E-state index in [-0.39, 0.29) is 67.9 Å². The first-order valence-corrected chi connectivity index (χ1v) is 30.8. The molecule has 28 heteroatoms. The molecular formula is C63H84N12O16. The highest BCUT2D eigenvalue weighted by Crippen LogP contribution is 2.32. The van der Waals surface area contributed by atoms with Crippen molar-refractivity contribution in [3.8, 4) is 11.8 Å². The largest absolute Gasteiger partial charge is 0.478 e. The van der Waals surface area contributed by atoms with Gasteiger partial charge in [0.15, 0.2) is 23.7 Å². The number of pyridine rings is 1. The third-order valence-electron chi connectivity index (χ3n) is 16.1. The minimum absolute atomic E-state index is 0.00181. The highest BCUT2D eigenvalue weighted by molar-refractivity contribution is 5.89. The maximum atomic E-state index is 14.5. The smallest absolute Gasteiger partial charge is 0.407 e. The quantitative estimate of drug-likeness (QED) is 0.0264. The molecule has 0 bridgehead atoms. The molecule has 4 aromatic heterocycles. The molecule has 6 aromatic rings. The number of unbranched alkanes of at least 4 members (excludes halogenated alkanes) is 4. The number of aliphatic hydroxyl groups excluding tert-OH is 6. The topological polar surface area (TPSA) is 358 Å². The van der Waals surface area contributed by atoms with Crippen LogP contribution in [-0.4, -0.2) is 198 Å². The van der Waals surface area contributed by atoms with Crippen LogP contribution in [0, 0.1) is 11.8 Å². The van der Waals surface area contributed by atoms with E-state index in [1.807, 2.05) is 17.0 Å². The lowest BCUT2D eigenvalue weighted by molar-refractivity contribution is -0.285. The second-order valence-corrected chi connectivity index (χ2v) is 24.2. The summed E-state index contributed by atoms with van der Waals surface area (Å²) in [6, 6.07) is 20.6. The number of nitrogens with one attached hydrogen (secondary N) is 2. The Morgan fingerprint density at radius 2 is 1.44 bits per heavy atom. The molecule has 91 heavy (non-hydrogen) atoms. The Kier molecular flexibility index (Phi) is 23.1. The van der Waals surface area contributed by atoms with Gasteiger partial charge in [0.1, 0.15) is 48.0 Å². The van der Waals surface area contributed by atoms with Gasteiger partial charge in [-0.2, -0.15) is 4.98 Å². The van der Waals surface area contributed by atoms with E-state index in [0.29, 0.717) is 67.6 Å². The number of aliphatic hydroxyl groups is 6. The number of carbonyl (C=O) groups is 2. The summed E-state index contributed by atoms with van der Waals surface area (Å²) >= 11 is 0. The molecule has 0 spiro atoms. The Morgan fingerprint density at radius 1 is 0.824 bits per heavy atom. The van der Waals surface area contributed by atoms with Crippen molar-refractivity contribution in [2.45, 2.75) is 172 Å². The number of anilines is 2. The van der Waals surface area contributed by atoms with Gasteiger partial charge in [-0.3, -0.25) is 28.1 Å². The summed E-state index contributed by atoms with van der Waals surface area (Å²) < 4.78 is 34.4. The maximum absolute atomic E-state index is 14.5. The van der Waals surface area contributed by atoms with E-state index in [9.17, 15) is 54.9 Å². The number of alkyl carbamates (subject to hydrolysis) is 1. The zero-order chi connectivity index (χ0) is 64.9. The van der Waals surface area contributed by atoms with Crippen molar-refractivity contribution >= 4 is 35.0 Å². The lowest BCUT2D eigenvalue weighted by Crippen LogP contribution is -2.56. The van der Waals surface area contributed by atoms with Crippen LogP contribution in [0.1, 0.15) is 118 Å². The predicted octanol–water partition coefficient (Wildman–Crippen LogP) is 2.40. The number of fused-ring (bicyclic) bond motifs is 1. The van der Waals surface area contributed by atoms with Crippen molar-refractivity contribution in [1.29, 1.82) is 0 Å². The van der Waals surface area contributed by atoms with Crippen molar-refractivity contribution in [1.82, 2.24) is 48.9 Å². The summed E-state index contributed by atoms with van der Waals surface area (Å²) in [5.41, 5.74) is -0.291. The Labute approximate surface area is 525 Å². The molecule has 9 rings (SSSR count). The lowest BCUT2D eigenvalue weighted by Gasteiger charge is -2.40. The van der Waals surface area contributed by atoms with Gasteiger partial charge in [-0.1, -0.05) is 91.1 Å². The molecule has 492 valence electrons. The third-order valence-corrected chi connectivity index (χ3v) is 16.1. The lowest BCUT2D eigenvalue weighted by atomic mass is 9.99. The molecule has 3 aliphatic heterocycles. The van der Waals surface area contributed by atoms with E-state index in [1.165, 1.54) is 23.7 Å². The second-order valence-electron chi connectivity index (χ2n) is 24.2. The SMILES string of the molecule is CC#CCn1c(N2CCC[C@@H](NC(=O)OC(C)(C)C)C2)nc2c1c(=O)n(Cc1nc(NCCCCCCCn3cc(CN(C[C@H](O)[C@@H](O)[C@@H]4OC(c5ccccc5)OC[C@H]4O)C[C@H](O)[C@@H](O)[C@@H]4OC(c5ccccc5)OC[C@H]4O)nn3)ccc1C(=O)O)c(=O)n2C. The van der Waals surface area contributed by atoms with Crippen LogP contribution in [0.2, 0.25) is 0 Å². The summed E-state index contributed by atoms with van der Waals surface area (Å²) in [4.78, 5) is 66.7. The van der Waals surface area contributed by atoms with Crippen LogP contribution in [0.15, 0.2) is 88.6 Å². The molecule has 3 fully saturated rings. The fourth-order valence-corrected chi connectivity index (χ4v) is 11.4. The van der Waals surface area contributed by atoms with Crippen LogP contribution in [0.5, 0.6) is 0 Å². The first-order chi connectivity index (χ1) is 43.7. The van der Waals surface area contributed by atoms with Crippen molar-refractivity contribution < 1.29 is 69.0 Å². The number of hydrogen-bond acceptors (Lipinski definition) is 22. The number of aryl methyl sites for hydroxylation is 2. The molecule has 3 aliphatic rings. The summed E-state index contributed by atoms with van der Waals surface area (Å²) in [5.74, 6) is 5.36. The van der Waals surface area contributed by atoms with Crippen LogP contribution in [0.4, 0.5) is 16.6 Å². The van der Waals surface area contributed by atoms with Crippen LogP contribution < -0.4 is 26.8 Å². The number of aromatic carboxylic acids is 1. The van der Waals surface area contributed by atoms with Crippen molar-refractivity contribution in [3.05, 3.63) is 128 Å². The van der Waals surface area contributed by atoms with Gasteiger partial charge >= 0.3 is 17.8 Å². The summed E-state index contributed by atoms with van der Waals surface area (Å²) in [7, 11) is 1.49. The van der Waals surface area contributed by atoms with Gasteiger partial charge in [0.2, 0.25) is 5.95 Å². The van der Waals surface area contributed by atoms with Crippen LogP contribution in [-0.2, 0) is 56.9 Å². The molecule has 9 N–H and O–H groups in total. The summed E-state index contributed by atoms with van der Waals surface area (Å²) in [6.45, 7) is 7.67. The Bertz CT molecular complexity index is 3490. The van der Waals surface area contributed by atoms with Crippen molar-refractivity contribution in [2.24, 2.45) is 7.05 Å². The minimum atomic E-state index is -1.62. The average Bonchev–Trinajstić information content (AvgIpc) is 1.64. The number of ether oxygens (including phenoxy) is 5. The number of amides is 1. The number of carboxylic acid groups (broad SMARTS) is 1. The van der Waals surface area contributed by atoms with Gasteiger partial charge in [0.05, 0.1) is 55.5 Å². The second kappa shape index (κ2) is 31.1. The fraction of sp³-hybridized carbons (Fsp3) is 0.556. The molecular weight excluding hydrogens is 1180 g/mol. The van der Waals surface area contributed by atoms with Crippen LogP contribution in [0.25, 0.3) is 11.2 Å². The molecule has 28 nitrogen and oxygen atoms in total. The Balaban J connectivity index is 0.791. The number of nitrogens with zero attached hydrogens (tertiary/aromatic N) is 10. The van der Waals surface area contributed by atoms with Gasteiger partial charge in [-0.25, -0.2) is 19.4 Å². The van der Waals surface area contributed by atoms with E-state index < -0.39 is 96.9 Å². The molecule has 0 saturated carbocycles. The normalized spacial score (nSPS) is 21.8. The molecule has 1 amide bonds. The molecule has 11 atom stereocenters. The van der Waals surface area contributed by atoms with Crippen molar-refractivity contribution in [2.75, 3.05) is 56.2 Å². The van der Waals surface area contributed by atoms with Gasteiger partial charge in [0.25, 0.3) is 5.56 Å². The first kappa shape index (κ1) is 67.7.